The lowest BCUT2D eigenvalue weighted by Crippen LogP contribution is -2.25. The first kappa shape index (κ1) is 13.6. The minimum atomic E-state index is -0.285. The van der Waals surface area contributed by atoms with Gasteiger partial charge in [0.1, 0.15) is 5.75 Å². The van der Waals surface area contributed by atoms with Gasteiger partial charge in [0.25, 0.3) is 11.8 Å². The van der Waals surface area contributed by atoms with Crippen LogP contribution in [-0.2, 0) is 4.79 Å². The molecular formula is C14H10BrN3O3. The molecule has 0 unspecified atom stereocenters. The van der Waals surface area contributed by atoms with E-state index in [1.54, 1.807) is 30.5 Å². The molecule has 1 aromatic heterocycles. The zero-order valence-electron chi connectivity index (χ0n) is 10.7. The van der Waals surface area contributed by atoms with E-state index in [1.165, 1.54) is 6.20 Å². The average molecular weight is 348 g/mol. The third-order valence-corrected chi connectivity index (χ3v) is 3.27. The van der Waals surface area contributed by atoms with Gasteiger partial charge in [-0.05, 0) is 40.2 Å². The fraction of sp³-hybridized carbons (Fsp3) is 0.0714. The Balaban J connectivity index is 1.80. The molecule has 0 saturated carbocycles. The van der Waals surface area contributed by atoms with Crippen molar-refractivity contribution >= 4 is 39.1 Å². The van der Waals surface area contributed by atoms with Crippen LogP contribution in [0.25, 0.3) is 0 Å². The van der Waals surface area contributed by atoms with Crippen LogP contribution < -0.4 is 15.4 Å². The molecule has 21 heavy (non-hydrogen) atoms. The number of rotatable bonds is 2. The summed E-state index contributed by atoms with van der Waals surface area (Å²) in [5.74, 6) is 0.0747. The van der Waals surface area contributed by atoms with Crippen LogP contribution in [0.1, 0.15) is 10.4 Å². The van der Waals surface area contributed by atoms with Crippen LogP contribution in [0.5, 0.6) is 5.75 Å². The number of carbonyl (C=O) groups is 2. The van der Waals surface area contributed by atoms with Crippen LogP contribution >= 0.6 is 15.9 Å². The summed E-state index contributed by atoms with van der Waals surface area (Å²) in [5.41, 5.74) is 1.53. The lowest BCUT2D eigenvalue weighted by molar-refractivity contribution is -0.118. The first-order valence-electron chi connectivity index (χ1n) is 6.10. The smallest absolute Gasteiger partial charge is 0.262 e. The first-order valence-corrected chi connectivity index (χ1v) is 6.90. The van der Waals surface area contributed by atoms with Crippen LogP contribution in [0.2, 0.25) is 0 Å². The number of aromatic nitrogens is 1. The van der Waals surface area contributed by atoms with E-state index in [2.05, 4.69) is 31.5 Å². The molecular weight excluding hydrogens is 338 g/mol. The maximum Gasteiger partial charge on any atom is 0.262 e. The van der Waals surface area contributed by atoms with Crippen LogP contribution in [0, 0.1) is 0 Å². The van der Waals surface area contributed by atoms with Gasteiger partial charge in [-0.15, -0.1) is 0 Å². The van der Waals surface area contributed by atoms with Gasteiger partial charge in [0, 0.05) is 22.6 Å². The fourth-order valence-electron chi connectivity index (χ4n) is 1.90. The molecule has 2 amide bonds. The van der Waals surface area contributed by atoms with E-state index in [9.17, 15) is 9.59 Å². The van der Waals surface area contributed by atoms with Gasteiger partial charge in [-0.25, -0.2) is 0 Å². The Bertz CT molecular complexity index is 733. The van der Waals surface area contributed by atoms with Crippen molar-refractivity contribution < 1.29 is 14.3 Å². The summed E-state index contributed by atoms with van der Waals surface area (Å²) in [5, 5.41) is 5.43. The highest BCUT2D eigenvalue weighted by Gasteiger charge is 2.16. The van der Waals surface area contributed by atoms with Gasteiger partial charge in [-0.3, -0.25) is 14.6 Å². The van der Waals surface area contributed by atoms with E-state index in [0.717, 1.165) is 4.47 Å². The number of pyridine rings is 1. The second-order valence-electron chi connectivity index (χ2n) is 4.39. The lowest BCUT2D eigenvalue weighted by atomic mass is 10.2. The molecule has 1 aliphatic rings. The van der Waals surface area contributed by atoms with Gasteiger partial charge in [0.2, 0.25) is 0 Å². The van der Waals surface area contributed by atoms with Gasteiger partial charge >= 0.3 is 0 Å². The number of ether oxygens (including phenoxy) is 1. The second-order valence-corrected chi connectivity index (χ2v) is 5.31. The van der Waals surface area contributed by atoms with Crippen molar-refractivity contribution in [1.82, 2.24) is 4.98 Å². The molecule has 2 N–H and O–H groups in total. The molecule has 0 saturated heterocycles. The van der Waals surface area contributed by atoms with E-state index in [-0.39, 0.29) is 18.4 Å². The predicted octanol–water partition coefficient (Wildman–Crippen LogP) is 2.43. The quantitative estimate of drug-likeness (QED) is 0.874. The molecule has 0 aliphatic carbocycles. The van der Waals surface area contributed by atoms with Crippen molar-refractivity contribution in [2.24, 2.45) is 0 Å². The van der Waals surface area contributed by atoms with Crippen molar-refractivity contribution in [2.75, 3.05) is 17.2 Å². The van der Waals surface area contributed by atoms with Gasteiger partial charge in [-0.1, -0.05) is 0 Å². The summed E-state index contributed by atoms with van der Waals surface area (Å²) in [6, 6.07) is 6.73. The molecule has 0 radical (unpaired) electrons. The zero-order valence-corrected chi connectivity index (χ0v) is 12.3. The number of hydrogen-bond acceptors (Lipinski definition) is 4. The summed E-state index contributed by atoms with van der Waals surface area (Å²) < 4.78 is 5.98. The van der Waals surface area contributed by atoms with Gasteiger partial charge in [0.15, 0.2) is 6.61 Å². The number of benzene rings is 1. The molecule has 0 bridgehead atoms. The van der Waals surface area contributed by atoms with Gasteiger partial charge in [0.05, 0.1) is 11.3 Å². The van der Waals surface area contributed by atoms with Crippen LogP contribution in [0.3, 0.4) is 0 Å². The van der Waals surface area contributed by atoms with Crippen molar-refractivity contribution in [3.05, 3.63) is 46.7 Å². The summed E-state index contributed by atoms with van der Waals surface area (Å²) in [6.45, 7) is 0.00240. The van der Waals surface area contributed by atoms with Crippen LogP contribution in [0.15, 0.2) is 41.1 Å². The topological polar surface area (TPSA) is 80.3 Å². The Morgan fingerprint density at radius 3 is 3.00 bits per heavy atom. The minimum absolute atomic E-state index is 0.00240. The lowest BCUT2D eigenvalue weighted by Gasteiger charge is -2.18. The molecule has 6 nitrogen and oxygen atoms in total. The Labute approximate surface area is 128 Å². The normalized spacial score (nSPS) is 12.9. The zero-order chi connectivity index (χ0) is 14.8. The number of hydrogen-bond donors (Lipinski definition) is 2. The molecule has 7 heteroatoms. The Kier molecular flexibility index (Phi) is 3.57. The molecule has 0 spiro atoms. The summed E-state index contributed by atoms with van der Waals surface area (Å²) in [4.78, 5) is 27.3. The maximum atomic E-state index is 12.1. The standard InChI is InChI=1S/C14H10BrN3O3/c15-9-3-8(5-16-6-9)14(20)17-10-1-2-12-11(4-10)18-13(19)7-21-12/h1-6H,7H2,(H,17,20)(H,18,19). The maximum absolute atomic E-state index is 12.1. The van der Waals surface area contributed by atoms with Crippen molar-refractivity contribution in [1.29, 1.82) is 0 Å². The highest BCUT2D eigenvalue weighted by molar-refractivity contribution is 9.10. The van der Waals surface area contributed by atoms with Crippen LogP contribution in [0.4, 0.5) is 11.4 Å². The summed E-state index contributed by atoms with van der Waals surface area (Å²) >= 11 is 3.27. The minimum Gasteiger partial charge on any atom is -0.482 e. The third-order valence-electron chi connectivity index (χ3n) is 2.84. The van der Waals surface area contributed by atoms with Crippen molar-refractivity contribution in [2.45, 2.75) is 0 Å². The molecule has 0 fully saturated rings. The third kappa shape index (κ3) is 3.03. The Hall–Kier alpha value is -2.41. The fourth-order valence-corrected chi connectivity index (χ4v) is 2.27. The Morgan fingerprint density at radius 2 is 2.19 bits per heavy atom. The second kappa shape index (κ2) is 5.53. The number of nitrogens with one attached hydrogen (secondary N) is 2. The van der Waals surface area contributed by atoms with E-state index in [0.29, 0.717) is 22.7 Å². The Morgan fingerprint density at radius 1 is 1.33 bits per heavy atom. The average Bonchev–Trinajstić information content (AvgIpc) is 2.46. The largest absolute Gasteiger partial charge is 0.482 e. The summed E-state index contributed by atoms with van der Waals surface area (Å²) in [7, 11) is 0. The number of nitrogens with zero attached hydrogens (tertiary/aromatic N) is 1. The molecule has 3 rings (SSSR count). The highest BCUT2D eigenvalue weighted by Crippen LogP contribution is 2.30. The van der Waals surface area contributed by atoms with Crippen molar-refractivity contribution in [3.8, 4) is 5.75 Å². The molecule has 1 aliphatic heterocycles. The number of fused-ring (bicyclic) bond motifs is 1. The van der Waals surface area contributed by atoms with E-state index >= 15 is 0 Å². The van der Waals surface area contributed by atoms with Crippen LogP contribution in [-0.4, -0.2) is 23.4 Å². The number of carbonyl (C=O) groups excluding carboxylic acids is 2. The molecule has 2 heterocycles. The highest BCUT2D eigenvalue weighted by atomic mass is 79.9. The van der Waals surface area contributed by atoms with Gasteiger partial charge in [-0.2, -0.15) is 0 Å². The van der Waals surface area contributed by atoms with Gasteiger partial charge < -0.3 is 15.4 Å². The monoisotopic (exact) mass is 347 g/mol. The van der Waals surface area contributed by atoms with E-state index < -0.39 is 0 Å². The predicted molar refractivity (Wildman–Crippen MR) is 80.5 cm³/mol. The number of anilines is 2. The van der Waals surface area contributed by atoms with E-state index in [4.69, 9.17) is 4.74 Å². The number of amides is 2. The summed E-state index contributed by atoms with van der Waals surface area (Å²) in [6.07, 6.45) is 3.08. The molecule has 106 valence electrons. The SMILES string of the molecule is O=C1COc2ccc(NC(=O)c3cncc(Br)c3)cc2N1. The molecule has 2 aromatic rings. The van der Waals surface area contributed by atoms with E-state index in [1.807, 2.05) is 0 Å². The molecule has 0 atom stereocenters. The first-order chi connectivity index (χ1) is 10.1. The molecule has 1 aromatic carbocycles. The van der Waals surface area contributed by atoms with Crippen molar-refractivity contribution in [3.63, 3.8) is 0 Å². The number of halogens is 1.